The number of rotatable bonds is 2. The molecule has 1 amide bonds. The molecule has 0 aromatic heterocycles. The number of aliphatic hydroxyl groups excluding tert-OH is 1. The van der Waals surface area contributed by atoms with E-state index in [1.807, 2.05) is 0 Å². The van der Waals surface area contributed by atoms with E-state index in [1.165, 1.54) is 6.42 Å². The summed E-state index contributed by atoms with van der Waals surface area (Å²) in [6.07, 6.45) is 6.52. The molecule has 4 N–H and O–H groups in total. The van der Waals surface area contributed by atoms with Gasteiger partial charge in [0.1, 0.15) is 0 Å². The highest BCUT2D eigenvalue weighted by Gasteiger charge is 2.32. The van der Waals surface area contributed by atoms with Crippen molar-refractivity contribution >= 4 is 5.91 Å². The van der Waals surface area contributed by atoms with Crippen molar-refractivity contribution in [3.05, 3.63) is 0 Å². The first-order valence-corrected chi connectivity index (χ1v) is 6.41. The Bertz CT molecular complexity index is 251. The SMILES string of the molecule is NC1CCCCCC1C(=O)NC1CC(O)C1. The molecule has 16 heavy (non-hydrogen) atoms. The maximum Gasteiger partial charge on any atom is 0.224 e. The second-order valence-corrected chi connectivity index (χ2v) is 5.24. The van der Waals surface area contributed by atoms with Crippen LogP contribution in [0.4, 0.5) is 0 Å². The third kappa shape index (κ3) is 2.74. The fourth-order valence-electron chi connectivity index (χ4n) is 2.68. The van der Waals surface area contributed by atoms with Gasteiger partial charge in [-0.15, -0.1) is 0 Å². The summed E-state index contributed by atoms with van der Waals surface area (Å²) in [6, 6.07) is 0.199. The summed E-state index contributed by atoms with van der Waals surface area (Å²) >= 11 is 0. The Labute approximate surface area is 96.6 Å². The summed E-state index contributed by atoms with van der Waals surface area (Å²) in [5, 5.41) is 12.2. The van der Waals surface area contributed by atoms with Gasteiger partial charge in [0.15, 0.2) is 0 Å². The van der Waals surface area contributed by atoms with Gasteiger partial charge in [-0.25, -0.2) is 0 Å². The molecular formula is C12H22N2O2. The molecule has 0 bridgehead atoms. The topological polar surface area (TPSA) is 75.4 Å². The summed E-state index contributed by atoms with van der Waals surface area (Å²) in [7, 11) is 0. The highest BCUT2D eigenvalue weighted by Crippen LogP contribution is 2.24. The molecule has 2 saturated carbocycles. The molecule has 92 valence electrons. The fourth-order valence-corrected chi connectivity index (χ4v) is 2.68. The Hall–Kier alpha value is -0.610. The Kier molecular flexibility index (Phi) is 3.82. The maximum atomic E-state index is 12.0. The molecule has 2 unspecified atom stereocenters. The Balaban J connectivity index is 1.82. The number of hydrogen-bond acceptors (Lipinski definition) is 3. The molecule has 4 nitrogen and oxygen atoms in total. The summed E-state index contributed by atoms with van der Waals surface area (Å²) in [4.78, 5) is 12.0. The van der Waals surface area contributed by atoms with Crippen LogP contribution in [0, 0.1) is 5.92 Å². The third-order valence-electron chi connectivity index (χ3n) is 3.87. The molecule has 0 saturated heterocycles. The number of aliphatic hydroxyl groups is 1. The average molecular weight is 226 g/mol. The minimum atomic E-state index is -0.215. The maximum absolute atomic E-state index is 12.0. The second kappa shape index (κ2) is 5.15. The Morgan fingerprint density at radius 3 is 2.56 bits per heavy atom. The van der Waals surface area contributed by atoms with E-state index in [9.17, 15) is 4.79 Å². The molecule has 0 aromatic rings. The number of hydrogen-bond donors (Lipinski definition) is 3. The van der Waals surface area contributed by atoms with Gasteiger partial charge in [0.2, 0.25) is 5.91 Å². The van der Waals surface area contributed by atoms with Gasteiger partial charge in [-0.05, 0) is 25.7 Å². The summed E-state index contributed by atoms with van der Waals surface area (Å²) in [5.41, 5.74) is 6.03. The van der Waals surface area contributed by atoms with Crippen molar-refractivity contribution in [3.63, 3.8) is 0 Å². The molecule has 0 aliphatic heterocycles. The predicted molar refractivity (Wildman–Crippen MR) is 61.7 cm³/mol. The standard InChI is InChI=1S/C12H22N2O2/c13-11-5-3-1-2-4-10(11)12(16)14-8-6-9(15)7-8/h8-11,15H,1-7,13H2,(H,14,16). The van der Waals surface area contributed by atoms with Crippen molar-refractivity contribution in [1.29, 1.82) is 0 Å². The highest BCUT2D eigenvalue weighted by molar-refractivity contribution is 5.79. The summed E-state index contributed by atoms with van der Waals surface area (Å²) in [5.74, 6) is 0.0894. The van der Waals surface area contributed by atoms with Crippen molar-refractivity contribution in [2.24, 2.45) is 11.7 Å². The number of nitrogens with one attached hydrogen (secondary N) is 1. The Morgan fingerprint density at radius 2 is 1.88 bits per heavy atom. The number of nitrogens with two attached hydrogens (primary N) is 1. The van der Waals surface area contributed by atoms with Crippen molar-refractivity contribution < 1.29 is 9.90 Å². The molecule has 2 aliphatic carbocycles. The third-order valence-corrected chi connectivity index (χ3v) is 3.87. The van der Waals surface area contributed by atoms with Crippen LogP contribution in [-0.2, 0) is 4.79 Å². The first kappa shape index (κ1) is 11.9. The monoisotopic (exact) mass is 226 g/mol. The van der Waals surface area contributed by atoms with E-state index in [1.54, 1.807) is 0 Å². The molecule has 2 fully saturated rings. The first-order chi connectivity index (χ1) is 7.66. The molecule has 0 heterocycles. The summed E-state index contributed by atoms with van der Waals surface area (Å²) in [6.45, 7) is 0. The van der Waals surface area contributed by atoms with Crippen LogP contribution in [0.3, 0.4) is 0 Å². The number of carbonyl (C=O) groups excluding carboxylic acids is 1. The smallest absolute Gasteiger partial charge is 0.224 e. The van der Waals surface area contributed by atoms with Crippen LogP contribution in [0.25, 0.3) is 0 Å². The average Bonchev–Trinajstić information content (AvgIpc) is 2.40. The van der Waals surface area contributed by atoms with E-state index in [4.69, 9.17) is 10.8 Å². The lowest BCUT2D eigenvalue weighted by Gasteiger charge is -2.33. The molecular weight excluding hydrogens is 204 g/mol. The van der Waals surface area contributed by atoms with E-state index >= 15 is 0 Å². The van der Waals surface area contributed by atoms with Crippen molar-refractivity contribution in [3.8, 4) is 0 Å². The van der Waals surface area contributed by atoms with Crippen molar-refractivity contribution in [2.75, 3.05) is 0 Å². The van der Waals surface area contributed by atoms with Crippen LogP contribution >= 0.6 is 0 Å². The minimum Gasteiger partial charge on any atom is -0.393 e. The fraction of sp³-hybridized carbons (Fsp3) is 0.917. The minimum absolute atomic E-state index is 0.0137. The number of amides is 1. The van der Waals surface area contributed by atoms with Gasteiger partial charge in [-0.2, -0.15) is 0 Å². The zero-order chi connectivity index (χ0) is 11.5. The van der Waals surface area contributed by atoms with Crippen LogP contribution < -0.4 is 11.1 Å². The van der Waals surface area contributed by atoms with E-state index in [-0.39, 0.29) is 30.0 Å². The van der Waals surface area contributed by atoms with Gasteiger partial charge in [-0.3, -0.25) is 4.79 Å². The first-order valence-electron chi connectivity index (χ1n) is 6.41. The highest BCUT2D eigenvalue weighted by atomic mass is 16.3. The van der Waals surface area contributed by atoms with Crippen molar-refractivity contribution in [2.45, 2.75) is 63.1 Å². The largest absolute Gasteiger partial charge is 0.393 e. The zero-order valence-electron chi connectivity index (χ0n) is 9.69. The summed E-state index contributed by atoms with van der Waals surface area (Å²) < 4.78 is 0. The van der Waals surface area contributed by atoms with Gasteiger partial charge in [0.05, 0.1) is 12.0 Å². The van der Waals surface area contributed by atoms with Crippen LogP contribution in [0.15, 0.2) is 0 Å². The quantitative estimate of drug-likeness (QED) is 0.601. The Morgan fingerprint density at radius 1 is 1.19 bits per heavy atom. The van der Waals surface area contributed by atoms with Gasteiger partial charge in [0, 0.05) is 12.1 Å². The van der Waals surface area contributed by atoms with E-state index < -0.39 is 0 Å². The van der Waals surface area contributed by atoms with Crippen LogP contribution in [0.2, 0.25) is 0 Å². The number of carbonyl (C=O) groups is 1. The van der Waals surface area contributed by atoms with E-state index in [0.29, 0.717) is 12.8 Å². The predicted octanol–water partition coefficient (Wildman–Crippen LogP) is 0.533. The molecule has 2 rings (SSSR count). The van der Waals surface area contributed by atoms with Crippen LogP contribution in [0.1, 0.15) is 44.9 Å². The van der Waals surface area contributed by atoms with Gasteiger partial charge in [-0.1, -0.05) is 19.3 Å². The molecule has 0 aromatic carbocycles. The molecule has 2 atom stereocenters. The van der Waals surface area contributed by atoms with Gasteiger partial charge in [0.25, 0.3) is 0 Å². The molecule has 0 radical (unpaired) electrons. The second-order valence-electron chi connectivity index (χ2n) is 5.24. The lowest BCUT2D eigenvalue weighted by molar-refractivity contribution is -0.127. The van der Waals surface area contributed by atoms with Crippen molar-refractivity contribution in [1.82, 2.24) is 5.32 Å². The van der Waals surface area contributed by atoms with E-state index in [0.717, 1.165) is 25.7 Å². The normalized spacial score (nSPS) is 39.6. The van der Waals surface area contributed by atoms with Crippen LogP contribution in [0.5, 0.6) is 0 Å². The van der Waals surface area contributed by atoms with E-state index in [2.05, 4.69) is 5.32 Å². The molecule has 4 heteroatoms. The lowest BCUT2D eigenvalue weighted by atomic mass is 9.87. The molecule has 2 aliphatic rings. The molecule has 0 spiro atoms. The lowest BCUT2D eigenvalue weighted by Crippen LogP contribution is -2.51. The zero-order valence-corrected chi connectivity index (χ0v) is 9.69. The van der Waals surface area contributed by atoms with Gasteiger partial charge >= 0.3 is 0 Å². The van der Waals surface area contributed by atoms with Crippen LogP contribution in [-0.4, -0.2) is 29.2 Å². The van der Waals surface area contributed by atoms with Gasteiger partial charge < -0.3 is 16.2 Å².